The number of ether oxygens (including phenoxy) is 1. The van der Waals surface area contributed by atoms with Gasteiger partial charge in [-0.1, -0.05) is 24.3 Å². The van der Waals surface area contributed by atoms with Gasteiger partial charge < -0.3 is 20.5 Å². The highest BCUT2D eigenvalue weighted by molar-refractivity contribution is 6.13. The Balaban J connectivity index is 1.75. The molecular weight excluding hydrogens is 348 g/mol. The maximum Gasteiger partial charge on any atom is 0.336 e. The number of carboxylic acids is 1. The van der Waals surface area contributed by atoms with E-state index in [9.17, 15) is 19.5 Å². The Kier molecular flexibility index (Phi) is 5.83. The lowest BCUT2D eigenvalue weighted by Crippen LogP contribution is -2.32. The normalized spacial score (nSPS) is 15.9. The number of carboxylic acid groups (broad SMARTS) is 1. The maximum atomic E-state index is 12.6. The zero-order valence-electron chi connectivity index (χ0n) is 14.6. The summed E-state index contributed by atoms with van der Waals surface area (Å²) in [7, 11) is 0. The first-order chi connectivity index (χ1) is 13.1. The number of para-hydroxylation sites is 1. The van der Waals surface area contributed by atoms with E-state index in [4.69, 9.17) is 4.74 Å². The summed E-state index contributed by atoms with van der Waals surface area (Å²) >= 11 is 0. The molecule has 2 amide bonds. The van der Waals surface area contributed by atoms with Crippen molar-refractivity contribution in [2.75, 3.05) is 18.5 Å². The van der Waals surface area contributed by atoms with Gasteiger partial charge in [-0.2, -0.15) is 0 Å². The molecule has 7 heteroatoms. The number of rotatable bonds is 6. The van der Waals surface area contributed by atoms with E-state index < -0.39 is 11.9 Å². The van der Waals surface area contributed by atoms with Crippen molar-refractivity contribution in [3.05, 3.63) is 65.2 Å². The first-order valence-electron chi connectivity index (χ1n) is 8.69. The van der Waals surface area contributed by atoms with E-state index in [1.807, 2.05) is 0 Å². The van der Waals surface area contributed by atoms with Gasteiger partial charge in [-0.05, 0) is 37.1 Å². The van der Waals surface area contributed by atoms with Gasteiger partial charge in [0.25, 0.3) is 11.8 Å². The third-order valence-electron chi connectivity index (χ3n) is 4.34. The van der Waals surface area contributed by atoms with Crippen molar-refractivity contribution in [2.45, 2.75) is 18.9 Å². The Hall–Kier alpha value is -3.19. The molecule has 0 spiro atoms. The first kappa shape index (κ1) is 18.6. The summed E-state index contributed by atoms with van der Waals surface area (Å²) in [5.74, 6) is -2.11. The Morgan fingerprint density at radius 2 is 1.63 bits per heavy atom. The van der Waals surface area contributed by atoms with Crippen LogP contribution in [0.3, 0.4) is 0 Å². The van der Waals surface area contributed by atoms with Gasteiger partial charge in [0, 0.05) is 13.2 Å². The van der Waals surface area contributed by atoms with Crippen LogP contribution < -0.4 is 10.6 Å². The highest BCUT2D eigenvalue weighted by atomic mass is 16.5. The zero-order chi connectivity index (χ0) is 19.2. The molecule has 1 fully saturated rings. The summed E-state index contributed by atoms with van der Waals surface area (Å²) in [4.78, 5) is 36.4. The summed E-state index contributed by atoms with van der Waals surface area (Å²) < 4.78 is 5.49. The molecule has 2 aromatic carbocycles. The summed E-state index contributed by atoms with van der Waals surface area (Å²) in [5.41, 5.74) is 0.541. The lowest BCUT2D eigenvalue weighted by atomic mass is 10.1. The average Bonchev–Trinajstić information content (AvgIpc) is 3.20. The number of carbonyl (C=O) groups is 3. The number of carbonyl (C=O) groups excluding carboxylic acids is 2. The second-order valence-electron chi connectivity index (χ2n) is 6.20. The Morgan fingerprint density at radius 1 is 0.963 bits per heavy atom. The van der Waals surface area contributed by atoms with Gasteiger partial charge in [-0.3, -0.25) is 9.59 Å². The molecule has 27 heavy (non-hydrogen) atoms. The van der Waals surface area contributed by atoms with E-state index in [-0.39, 0.29) is 23.1 Å². The van der Waals surface area contributed by atoms with Crippen molar-refractivity contribution in [1.82, 2.24) is 5.32 Å². The lowest BCUT2D eigenvalue weighted by Gasteiger charge is -2.14. The third kappa shape index (κ3) is 4.51. The highest BCUT2D eigenvalue weighted by Gasteiger charge is 2.20. The van der Waals surface area contributed by atoms with Crippen LogP contribution >= 0.6 is 0 Å². The SMILES string of the molecule is O=C(NCC1CCCO1)c1ccccc1NC(=O)c1ccccc1C(=O)O. The fourth-order valence-electron chi connectivity index (χ4n) is 2.95. The summed E-state index contributed by atoms with van der Waals surface area (Å²) in [6.07, 6.45) is 1.90. The number of benzene rings is 2. The molecule has 1 saturated heterocycles. The van der Waals surface area contributed by atoms with Gasteiger partial charge in [0.05, 0.1) is 28.5 Å². The van der Waals surface area contributed by atoms with Crippen LogP contribution in [0.15, 0.2) is 48.5 Å². The van der Waals surface area contributed by atoms with Crippen LogP contribution in [-0.4, -0.2) is 42.1 Å². The Morgan fingerprint density at radius 3 is 2.30 bits per heavy atom. The largest absolute Gasteiger partial charge is 0.478 e. The number of amides is 2. The topological polar surface area (TPSA) is 105 Å². The predicted octanol–water partition coefficient (Wildman–Crippen LogP) is 2.55. The molecule has 1 unspecified atom stereocenters. The Bertz CT molecular complexity index is 859. The van der Waals surface area contributed by atoms with Crippen LogP contribution in [0, 0.1) is 0 Å². The Labute approximate surface area is 156 Å². The molecular formula is C20H20N2O5. The number of aromatic carboxylic acids is 1. The van der Waals surface area contributed by atoms with Crippen LogP contribution in [0.1, 0.15) is 43.9 Å². The second-order valence-corrected chi connectivity index (χ2v) is 6.20. The highest BCUT2D eigenvalue weighted by Crippen LogP contribution is 2.18. The molecule has 0 radical (unpaired) electrons. The van der Waals surface area contributed by atoms with Crippen molar-refractivity contribution in [3.8, 4) is 0 Å². The fraction of sp³-hybridized carbons (Fsp3) is 0.250. The number of nitrogens with one attached hydrogen (secondary N) is 2. The van der Waals surface area contributed by atoms with Crippen LogP contribution in [0.5, 0.6) is 0 Å². The third-order valence-corrected chi connectivity index (χ3v) is 4.34. The summed E-state index contributed by atoms with van der Waals surface area (Å²) in [5, 5.41) is 14.7. The van der Waals surface area contributed by atoms with E-state index in [1.54, 1.807) is 36.4 Å². The van der Waals surface area contributed by atoms with Crippen molar-refractivity contribution in [2.24, 2.45) is 0 Å². The summed E-state index contributed by atoms with van der Waals surface area (Å²) in [6, 6.07) is 12.5. The average molecular weight is 368 g/mol. The number of hydrogen-bond donors (Lipinski definition) is 3. The quantitative estimate of drug-likeness (QED) is 0.727. The fourth-order valence-corrected chi connectivity index (χ4v) is 2.95. The van der Waals surface area contributed by atoms with E-state index >= 15 is 0 Å². The van der Waals surface area contributed by atoms with E-state index in [2.05, 4.69) is 10.6 Å². The number of anilines is 1. The zero-order valence-corrected chi connectivity index (χ0v) is 14.6. The van der Waals surface area contributed by atoms with Gasteiger partial charge in [0.2, 0.25) is 0 Å². The molecule has 140 valence electrons. The van der Waals surface area contributed by atoms with Crippen LogP contribution in [0.25, 0.3) is 0 Å². The molecule has 0 bridgehead atoms. The first-order valence-corrected chi connectivity index (χ1v) is 8.69. The van der Waals surface area contributed by atoms with Gasteiger partial charge in [-0.15, -0.1) is 0 Å². The van der Waals surface area contributed by atoms with E-state index in [0.29, 0.717) is 24.4 Å². The molecule has 1 atom stereocenters. The molecule has 0 aliphatic carbocycles. The second kappa shape index (κ2) is 8.46. The lowest BCUT2D eigenvalue weighted by molar-refractivity contribution is 0.0692. The molecule has 1 aliphatic rings. The molecule has 0 saturated carbocycles. The minimum atomic E-state index is -1.19. The minimum absolute atomic E-state index is 0.0122. The molecule has 1 aliphatic heterocycles. The molecule has 0 aromatic heterocycles. The van der Waals surface area contributed by atoms with Gasteiger partial charge in [-0.25, -0.2) is 4.79 Å². The van der Waals surface area contributed by atoms with Crippen LogP contribution in [0.4, 0.5) is 5.69 Å². The summed E-state index contributed by atoms with van der Waals surface area (Å²) in [6.45, 7) is 1.11. The predicted molar refractivity (Wildman–Crippen MR) is 99.1 cm³/mol. The maximum absolute atomic E-state index is 12.6. The van der Waals surface area contributed by atoms with Gasteiger partial charge in [0.15, 0.2) is 0 Å². The van der Waals surface area contributed by atoms with Gasteiger partial charge >= 0.3 is 5.97 Å². The molecule has 2 aromatic rings. The van der Waals surface area contributed by atoms with E-state index in [0.717, 1.165) is 12.8 Å². The van der Waals surface area contributed by atoms with Crippen LogP contribution in [-0.2, 0) is 4.74 Å². The standard InChI is InChI=1S/C20H20N2O5/c23-18(21-12-13-6-5-11-27-13)16-9-3-4-10-17(16)22-19(24)14-7-1-2-8-15(14)20(25)26/h1-4,7-10,13H,5-6,11-12H2,(H,21,23)(H,22,24)(H,25,26). The monoisotopic (exact) mass is 368 g/mol. The smallest absolute Gasteiger partial charge is 0.336 e. The van der Waals surface area contributed by atoms with Crippen molar-refractivity contribution in [1.29, 1.82) is 0 Å². The van der Waals surface area contributed by atoms with Crippen molar-refractivity contribution < 1.29 is 24.2 Å². The molecule has 3 N–H and O–H groups in total. The van der Waals surface area contributed by atoms with Crippen molar-refractivity contribution >= 4 is 23.5 Å². The van der Waals surface area contributed by atoms with E-state index in [1.165, 1.54) is 12.1 Å². The molecule has 7 nitrogen and oxygen atoms in total. The van der Waals surface area contributed by atoms with Crippen molar-refractivity contribution in [3.63, 3.8) is 0 Å². The minimum Gasteiger partial charge on any atom is -0.478 e. The van der Waals surface area contributed by atoms with Crippen LogP contribution in [0.2, 0.25) is 0 Å². The van der Waals surface area contributed by atoms with Gasteiger partial charge in [0.1, 0.15) is 0 Å². The molecule has 1 heterocycles. The molecule has 3 rings (SSSR count). The number of hydrogen-bond acceptors (Lipinski definition) is 4.